The molecule has 3 aromatic heterocycles. The maximum absolute atomic E-state index is 12.6. The van der Waals surface area contributed by atoms with Crippen molar-refractivity contribution in [1.82, 2.24) is 19.6 Å². The Kier molecular flexibility index (Phi) is 5.41. The molecule has 1 N–H and O–H groups in total. The predicted octanol–water partition coefficient (Wildman–Crippen LogP) is 5.27. The number of ketones is 1. The van der Waals surface area contributed by atoms with E-state index in [0.29, 0.717) is 23.1 Å². The minimum atomic E-state index is -0.124. The number of carbonyl (C=O) groups excluding carboxylic acids is 2. The molecule has 7 nitrogen and oxygen atoms in total. The van der Waals surface area contributed by atoms with Crippen molar-refractivity contribution in [3.05, 3.63) is 46.1 Å². The van der Waals surface area contributed by atoms with Gasteiger partial charge in [0.2, 0.25) is 5.91 Å². The van der Waals surface area contributed by atoms with Gasteiger partial charge in [-0.3, -0.25) is 14.0 Å². The molecule has 174 valence electrons. The van der Waals surface area contributed by atoms with Crippen LogP contribution < -0.4 is 5.32 Å². The van der Waals surface area contributed by atoms with E-state index in [2.05, 4.69) is 26.8 Å². The van der Waals surface area contributed by atoms with Crippen LogP contribution in [-0.4, -0.2) is 37.0 Å². The third kappa shape index (κ3) is 3.90. The normalized spacial score (nSPS) is 17.8. The number of benzene rings is 1. The molecule has 1 atom stereocenters. The summed E-state index contributed by atoms with van der Waals surface area (Å²) in [7, 11) is 0. The van der Waals surface area contributed by atoms with Gasteiger partial charge in [0.15, 0.2) is 16.6 Å². The zero-order valence-corrected chi connectivity index (χ0v) is 20.8. The van der Waals surface area contributed by atoms with Gasteiger partial charge >= 0.3 is 0 Å². The molecule has 1 fully saturated rings. The van der Waals surface area contributed by atoms with Gasteiger partial charge in [-0.1, -0.05) is 18.7 Å². The van der Waals surface area contributed by atoms with E-state index in [0.717, 1.165) is 52.5 Å². The number of thiophene rings is 1. The number of nitrogens with one attached hydrogen (secondary N) is 1. The number of amides is 1. The number of hydrogen-bond donors (Lipinski definition) is 1. The van der Waals surface area contributed by atoms with Crippen molar-refractivity contribution in [3.8, 4) is 0 Å². The summed E-state index contributed by atoms with van der Waals surface area (Å²) in [6, 6.07) is 6.94. The Morgan fingerprint density at radius 3 is 2.71 bits per heavy atom. The Labute approximate surface area is 205 Å². The summed E-state index contributed by atoms with van der Waals surface area (Å²) in [6.07, 6.45) is 5.64. The van der Waals surface area contributed by atoms with Gasteiger partial charge in [0, 0.05) is 22.0 Å². The van der Waals surface area contributed by atoms with Gasteiger partial charge in [-0.15, -0.1) is 21.5 Å². The van der Waals surface area contributed by atoms with Crippen molar-refractivity contribution in [2.75, 3.05) is 11.1 Å². The van der Waals surface area contributed by atoms with E-state index in [4.69, 9.17) is 4.98 Å². The highest BCUT2D eigenvalue weighted by Gasteiger charge is 2.32. The Morgan fingerprint density at radius 1 is 1.18 bits per heavy atom. The molecule has 1 saturated carbocycles. The molecule has 2 aliphatic carbocycles. The van der Waals surface area contributed by atoms with Crippen molar-refractivity contribution in [1.29, 1.82) is 0 Å². The summed E-state index contributed by atoms with van der Waals surface area (Å²) in [5.41, 5.74) is 3.58. The number of aromatic nitrogens is 4. The summed E-state index contributed by atoms with van der Waals surface area (Å²) in [4.78, 5) is 31.7. The highest BCUT2D eigenvalue weighted by Crippen LogP contribution is 2.44. The minimum absolute atomic E-state index is 0.00250. The lowest BCUT2D eigenvalue weighted by Crippen LogP contribution is -2.14. The highest BCUT2D eigenvalue weighted by atomic mass is 32.2. The number of rotatable bonds is 6. The van der Waals surface area contributed by atoms with Crippen LogP contribution in [0.1, 0.15) is 65.7 Å². The monoisotopic (exact) mass is 491 g/mol. The molecule has 9 heteroatoms. The van der Waals surface area contributed by atoms with E-state index in [9.17, 15) is 9.59 Å². The van der Waals surface area contributed by atoms with Crippen molar-refractivity contribution in [2.24, 2.45) is 5.92 Å². The maximum Gasteiger partial charge on any atom is 0.234 e. The van der Waals surface area contributed by atoms with Crippen LogP contribution in [0.4, 0.5) is 5.69 Å². The molecule has 0 aliphatic heterocycles. The maximum atomic E-state index is 12.6. The van der Waals surface area contributed by atoms with Crippen LogP contribution in [0.15, 0.2) is 29.4 Å². The summed E-state index contributed by atoms with van der Waals surface area (Å²) in [5.74, 6) is 2.27. The molecule has 34 heavy (non-hydrogen) atoms. The first kappa shape index (κ1) is 21.7. The summed E-state index contributed by atoms with van der Waals surface area (Å²) in [6.45, 7) is 3.85. The van der Waals surface area contributed by atoms with Gasteiger partial charge in [-0.05, 0) is 74.8 Å². The van der Waals surface area contributed by atoms with Crippen LogP contribution in [0.5, 0.6) is 0 Å². The molecular weight excluding hydrogens is 466 g/mol. The van der Waals surface area contributed by atoms with Crippen LogP contribution in [0, 0.1) is 5.92 Å². The fraction of sp³-hybridized carbons (Fsp3) is 0.400. The third-order valence-electron chi connectivity index (χ3n) is 6.65. The number of thioether (sulfide) groups is 1. The van der Waals surface area contributed by atoms with E-state index < -0.39 is 0 Å². The van der Waals surface area contributed by atoms with Gasteiger partial charge in [0.1, 0.15) is 10.7 Å². The topological polar surface area (TPSA) is 89.2 Å². The second-order valence-corrected chi connectivity index (χ2v) is 11.4. The molecule has 1 amide bonds. The predicted molar refractivity (Wildman–Crippen MR) is 135 cm³/mol. The molecule has 4 aromatic rings. The Bertz CT molecular complexity index is 1440. The molecular formula is C25H25N5O2S2. The van der Waals surface area contributed by atoms with Gasteiger partial charge < -0.3 is 5.32 Å². The summed E-state index contributed by atoms with van der Waals surface area (Å²) >= 11 is 3.21. The lowest BCUT2D eigenvalue weighted by atomic mass is 9.89. The standard InChI is InChI=1S/C25H25N5O2S2/c1-13-3-10-18-19(11-13)34-24-21(18)23-28-29-25(30(23)22(27-24)16-4-5-16)33-12-20(32)26-17-8-6-15(7-9-17)14(2)31/h6-9,13,16H,3-5,10-12H2,1-2H3,(H,26,32). The first-order valence-corrected chi connectivity index (χ1v) is 13.5. The second-order valence-electron chi connectivity index (χ2n) is 9.39. The first-order valence-electron chi connectivity index (χ1n) is 11.7. The molecule has 3 heterocycles. The zero-order valence-electron chi connectivity index (χ0n) is 19.1. The van der Waals surface area contributed by atoms with E-state index >= 15 is 0 Å². The van der Waals surface area contributed by atoms with Crippen LogP contribution >= 0.6 is 23.1 Å². The second kappa shape index (κ2) is 8.46. The molecule has 1 aromatic carbocycles. The number of carbonyl (C=O) groups is 2. The average Bonchev–Trinajstić information content (AvgIpc) is 3.47. The molecule has 2 aliphatic rings. The van der Waals surface area contributed by atoms with Crippen molar-refractivity contribution in [2.45, 2.75) is 57.0 Å². The lowest BCUT2D eigenvalue weighted by Gasteiger charge is -2.17. The van der Waals surface area contributed by atoms with Gasteiger partial charge in [-0.2, -0.15) is 0 Å². The smallest absolute Gasteiger partial charge is 0.234 e. The zero-order chi connectivity index (χ0) is 23.4. The van der Waals surface area contributed by atoms with Crippen LogP contribution in [0.3, 0.4) is 0 Å². The first-order chi connectivity index (χ1) is 16.5. The SMILES string of the molecule is CC(=O)c1ccc(NC(=O)CSc2nnc3c4c5c(sc4nc(C4CC4)n23)CC(C)CC5)cc1. The fourth-order valence-corrected chi connectivity index (χ4v) is 6.79. The quantitative estimate of drug-likeness (QED) is 0.292. The van der Waals surface area contributed by atoms with Gasteiger partial charge in [0.25, 0.3) is 0 Å². The Balaban J connectivity index is 1.28. The minimum Gasteiger partial charge on any atom is -0.325 e. The highest BCUT2D eigenvalue weighted by molar-refractivity contribution is 7.99. The van der Waals surface area contributed by atoms with E-state index in [-0.39, 0.29) is 17.4 Å². The largest absolute Gasteiger partial charge is 0.325 e. The van der Waals surface area contributed by atoms with Gasteiger partial charge in [-0.25, -0.2) is 4.98 Å². The number of aryl methyl sites for hydroxylation is 1. The van der Waals surface area contributed by atoms with Gasteiger partial charge in [0.05, 0.1) is 11.1 Å². The molecule has 6 rings (SSSR count). The number of anilines is 1. The number of nitrogens with zero attached hydrogens (tertiary/aromatic N) is 4. The summed E-state index contributed by atoms with van der Waals surface area (Å²) in [5, 5.41) is 13.9. The fourth-order valence-electron chi connectivity index (χ4n) is 4.66. The lowest BCUT2D eigenvalue weighted by molar-refractivity contribution is -0.113. The van der Waals surface area contributed by atoms with Crippen LogP contribution in [0.25, 0.3) is 15.9 Å². The number of Topliss-reactive ketones (excluding diaryl/α,β-unsaturated/α-hetero) is 1. The molecule has 0 radical (unpaired) electrons. The van der Waals surface area contributed by atoms with Crippen LogP contribution in [0.2, 0.25) is 0 Å². The average molecular weight is 492 g/mol. The molecule has 0 spiro atoms. The number of hydrogen-bond acceptors (Lipinski definition) is 7. The number of fused-ring (bicyclic) bond motifs is 5. The molecule has 0 saturated heterocycles. The Hall–Kier alpha value is -2.78. The van der Waals surface area contributed by atoms with Crippen molar-refractivity contribution in [3.63, 3.8) is 0 Å². The van der Waals surface area contributed by atoms with Crippen molar-refractivity contribution < 1.29 is 9.59 Å². The molecule has 1 unspecified atom stereocenters. The van der Waals surface area contributed by atoms with E-state index in [1.54, 1.807) is 24.3 Å². The summed E-state index contributed by atoms with van der Waals surface area (Å²) < 4.78 is 2.10. The van der Waals surface area contributed by atoms with Crippen LogP contribution in [-0.2, 0) is 17.6 Å². The molecule has 0 bridgehead atoms. The van der Waals surface area contributed by atoms with E-state index in [1.807, 2.05) is 11.3 Å². The van der Waals surface area contributed by atoms with E-state index in [1.165, 1.54) is 35.5 Å². The van der Waals surface area contributed by atoms with Crippen molar-refractivity contribution >= 4 is 56.3 Å². The Morgan fingerprint density at radius 2 is 1.97 bits per heavy atom. The third-order valence-corrected chi connectivity index (χ3v) is 8.72.